The smallest absolute Gasteiger partial charge is 0.303 e. The molecule has 0 atom stereocenters. The Labute approximate surface area is 182 Å². The van der Waals surface area contributed by atoms with Crippen molar-refractivity contribution < 1.29 is 14.6 Å². The van der Waals surface area contributed by atoms with Gasteiger partial charge in [-0.05, 0) is 55.2 Å². The summed E-state index contributed by atoms with van der Waals surface area (Å²) in [5.41, 5.74) is 3.60. The number of fused-ring (bicyclic) bond motifs is 1. The zero-order chi connectivity index (χ0) is 22.1. The molecule has 0 amide bonds. The molecule has 0 saturated carbocycles. The zero-order valence-electron chi connectivity index (χ0n) is 17.7. The SMILES string of the molecule is C#Cc1cccc(Nc2ncnc3cc(CC)c(OCCCCCCC(=O)O)cc23)c1. The number of unbranched alkanes of at least 4 members (excludes halogenated alkanes) is 3. The molecular weight excluding hydrogens is 390 g/mol. The third-order valence-corrected chi connectivity index (χ3v) is 5.03. The second-order valence-electron chi connectivity index (χ2n) is 7.31. The normalized spacial score (nSPS) is 10.6. The van der Waals surface area contributed by atoms with Gasteiger partial charge in [-0.1, -0.05) is 31.8 Å². The van der Waals surface area contributed by atoms with Gasteiger partial charge in [0.1, 0.15) is 17.9 Å². The number of rotatable bonds is 11. The lowest BCUT2D eigenvalue weighted by Gasteiger charge is -2.14. The van der Waals surface area contributed by atoms with Crippen LogP contribution in [0.3, 0.4) is 0 Å². The number of hydrogen-bond donors (Lipinski definition) is 2. The Hall–Kier alpha value is -3.59. The summed E-state index contributed by atoms with van der Waals surface area (Å²) in [6.45, 7) is 2.68. The van der Waals surface area contributed by atoms with E-state index in [4.69, 9.17) is 16.3 Å². The van der Waals surface area contributed by atoms with E-state index in [9.17, 15) is 4.79 Å². The number of terminal acetylenes is 1. The molecule has 160 valence electrons. The van der Waals surface area contributed by atoms with Gasteiger partial charge in [0.25, 0.3) is 0 Å². The Balaban J connectivity index is 1.73. The topological polar surface area (TPSA) is 84.3 Å². The molecule has 1 aromatic heterocycles. The summed E-state index contributed by atoms with van der Waals surface area (Å²) < 4.78 is 6.08. The van der Waals surface area contributed by atoms with Crippen molar-refractivity contribution in [2.75, 3.05) is 11.9 Å². The predicted molar refractivity (Wildman–Crippen MR) is 123 cm³/mol. The number of nitrogens with zero attached hydrogens (tertiary/aromatic N) is 2. The van der Waals surface area contributed by atoms with Crippen molar-refractivity contribution in [3.8, 4) is 18.1 Å². The highest BCUT2D eigenvalue weighted by Crippen LogP contribution is 2.30. The summed E-state index contributed by atoms with van der Waals surface area (Å²) in [5, 5.41) is 12.9. The Morgan fingerprint density at radius 1 is 1.16 bits per heavy atom. The minimum atomic E-state index is -0.738. The maximum atomic E-state index is 10.6. The van der Waals surface area contributed by atoms with Gasteiger partial charge < -0.3 is 15.2 Å². The van der Waals surface area contributed by atoms with E-state index in [0.29, 0.717) is 18.8 Å². The van der Waals surface area contributed by atoms with Gasteiger partial charge in [-0.25, -0.2) is 9.97 Å². The molecule has 1 heterocycles. The molecule has 0 unspecified atom stereocenters. The summed E-state index contributed by atoms with van der Waals surface area (Å²) in [7, 11) is 0. The summed E-state index contributed by atoms with van der Waals surface area (Å²) in [6, 6.07) is 11.7. The second-order valence-corrected chi connectivity index (χ2v) is 7.31. The van der Waals surface area contributed by atoms with Crippen LogP contribution >= 0.6 is 0 Å². The highest BCUT2D eigenvalue weighted by Gasteiger charge is 2.11. The van der Waals surface area contributed by atoms with Crippen LogP contribution in [-0.4, -0.2) is 27.7 Å². The van der Waals surface area contributed by atoms with Crippen molar-refractivity contribution in [2.24, 2.45) is 0 Å². The largest absolute Gasteiger partial charge is 0.493 e. The van der Waals surface area contributed by atoms with Crippen molar-refractivity contribution in [2.45, 2.75) is 45.4 Å². The highest BCUT2D eigenvalue weighted by molar-refractivity contribution is 5.92. The summed E-state index contributed by atoms with van der Waals surface area (Å²) in [4.78, 5) is 19.4. The summed E-state index contributed by atoms with van der Waals surface area (Å²) in [5.74, 6) is 3.43. The molecule has 3 aromatic rings. The van der Waals surface area contributed by atoms with Crippen molar-refractivity contribution in [3.05, 3.63) is 53.9 Å². The standard InChI is InChI=1S/C25H27N3O3/c1-3-18-10-9-11-20(14-18)28-25-21-16-23(19(4-2)15-22(21)26-17-27-25)31-13-8-6-5-7-12-24(29)30/h1,9-11,14-17H,4-8,12-13H2,2H3,(H,29,30)(H,26,27,28). The fourth-order valence-corrected chi connectivity index (χ4v) is 3.37. The van der Waals surface area contributed by atoms with Crippen molar-refractivity contribution >= 4 is 28.4 Å². The first-order valence-corrected chi connectivity index (χ1v) is 10.6. The predicted octanol–water partition coefficient (Wildman–Crippen LogP) is 5.33. The van der Waals surface area contributed by atoms with Crippen LogP contribution in [0.25, 0.3) is 10.9 Å². The van der Waals surface area contributed by atoms with Gasteiger partial charge in [0.2, 0.25) is 0 Å². The van der Waals surface area contributed by atoms with E-state index in [1.165, 1.54) is 0 Å². The fraction of sp³-hybridized carbons (Fsp3) is 0.320. The second kappa shape index (κ2) is 11.0. The number of carboxylic acids is 1. The molecule has 2 N–H and O–H groups in total. The van der Waals surface area contributed by atoms with Crippen LogP contribution in [0.2, 0.25) is 0 Å². The van der Waals surface area contributed by atoms with Crippen LogP contribution in [0.15, 0.2) is 42.7 Å². The third-order valence-electron chi connectivity index (χ3n) is 5.03. The van der Waals surface area contributed by atoms with Crippen molar-refractivity contribution in [1.82, 2.24) is 9.97 Å². The number of carboxylic acid groups (broad SMARTS) is 1. The molecule has 2 aromatic carbocycles. The molecule has 0 spiro atoms. The van der Waals surface area contributed by atoms with E-state index in [1.807, 2.05) is 36.4 Å². The minimum Gasteiger partial charge on any atom is -0.493 e. The number of aliphatic carboxylic acids is 1. The van der Waals surface area contributed by atoms with Crippen molar-refractivity contribution in [3.63, 3.8) is 0 Å². The Morgan fingerprint density at radius 2 is 2.00 bits per heavy atom. The van der Waals surface area contributed by atoms with Crippen LogP contribution in [-0.2, 0) is 11.2 Å². The first-order chi connectivity index (χ1) is 15.1. The molecule has 0 aliphatic rings. The molecule has 0 aliphatic carbocycles. The Bertz CT molecular complexity index is 1090. The molecule has 0 bridgehead atoms. The molecule has 6 nitrogen and oxygen atoms in total. The van der Waals surface area contributed by atoms with Gasteiger partial charge in [-0.2, -0.15) is 0 Å². The van der Waals surface area contributed by atoms with E-state index >= 15 is 0 Å². The van der Waals surface area contributed by atoms with Gasteiger partial charge in [0.15, 0.2) is 0 Å². The van der Waals surface area contributed by atoms with E-state index in [1.54, 1.807) is 6.33 Å². The van der Waals surface area contributed by atoms with Crippen LogP contribution in [0, 0.1) is 12.3 Å². The maximum Gasteiger partial charge on any atom is 0.303 e. The number of ether oxygens (including phenoxy) is 1. The van der Waals surface area contributed by atoms with E-state index < -0.39 is 5.97 Å². The number of hydrogen-bond acceptors (Lipinski definition) is 5. The highest BCUT2D eigenvalue weighted by atomic mass is 16.5. The fourth-order valence-electron chi connectivity index (χ4n) is 3.37. The third kappa shape index (κ3) is 6.19. The number of nitrogens with one attached hydrogen (secondary N) is 1. The molecule has 31 heavy (non-hydrogen) atoms. The van der Waals surface area contributed by atoms with Crippen LogP contribution in [0.4, 0.5) is 11.5 Å². The van der Waals surface area contributed by atoms with Crippen molar-refractivity contribution in [1.29, 1.82) is 0 Å². The number of aromatic nitrogens is 2. The molecule has 0 aliphatic heterocycles. The van der Waals surface area contributed by atoms with Gasteiger partial charge >= 0.3 is 5.97 Å². The van der Waals surface area contributed by atoms with E-state index in [2.05, 4.69) is 28.1 Å². The molecule has 0 radical (unpaired) electrons. The quantitative estimate of drug-likeness (QED) is 0.324. The summed E-state index contributed by atoms with van der Waals surface area (Å²) >= 11 is 0. The van der Waals surface area contributed by atoms with E-state index in [0.717, 1.165) is 59.2 Å². The first kappa shape index (κ1) is 22.1. The van der Waals surface area contributed by atoms with Gasteiger partial charge in [0.05, 0.1) is 12.1 Å². The first-order valence-electron chi connectivity index (χ1n) is 10.6. The minimum absolute atomic E-state index is 0.228. The van der Waals surface area contributed by atoms with Gasteiger partial charge in [-0.3, -0.25) is 4.79 Å². The molecule has 3 rings (SSSR count). The molecule has 6 heteroatoms. The molecular formula is C25H27N3O3. The van der Waals surface area contributed by atoms with Gasteiger partial charge in [0, 0.05) is 23.1 Å². The average molecular weight is 418 g/mol. The maximum absolute atomic E-state index is 10.6. The van der Waals surface area contributed by atoms with Crippen LogP contribution in [0.1, 0.15) is 50.2 Å². The molecule has 0 fully saturated rings. The van der Waals surface area contributed by atoms with Gasteiger partial charge in [-0.15, -0.1) is 6.42 Å². The van der Waals surface area contributed by atoms with Crippen LogP contribution < -0.4 is 10.1 Å². The monoisotopic (exact) mass is 417 g/mol. The van der Waals surface area contributed by atoms with Crippen LogP contribution in [0.5, 0.6) is 5.75 Å². The molecule has 0 saturated heterocycles. The number of carbonyl (C=O) groups is 1. The number of aryl methyl sites for hydroxylation is 1. The average Bonchev–Trinajstić information content (AvgIpc) is 2.78. The van der Waals surface area contributed by atoms with E-state index in [-0.39, 0.29) is 6.42 Å². The Kier molecular flexibility index (Phi) is 7.83. The Morgan fingerprint density at radius 3 is 2.77 bits per heavy atom. The summed E-state index contributed by atoms with van der Waals surface area (Å²) in [6.07, 6.45) is 11.6. The lowest BCUT2D eigenvalue weighted by molar-refractivity contribution is -0.137. The number of anilines is 2. The zero-order valence-corrected chi connectivity index (χ0v) is 17.7. The lowest BCUT2D eigenvalue weighted by atomic mass is 10.1. The number of benzene rings is 2. The lowest BCUT2D eigenvalue weighted by Crippen LogP contribution is -2.02.